The third kappa shape index (κ3) is 5.80. The van der Waals surface area contributed by atoms with Gasteiger partial charge in [0, 0.05) is 36.6 Å². The van der Waals surface area contributed by atoms with E-state index in [1.165, 1.54) is 11.4 Å². The maximum absolute atomic E-state index is 10.2. The molecular weight excluding hydrogens is 274 g/mol. The van der Waals surface area contributed by atoms with Crippen molar-refractivity contribution in [3.63, 3.8) is 0 Å². The lowest BCUT2D eigenvalue weighted by Gasteiger charge is -2.21. The first-order chi connectivity index (χ1) is 10.8. The van der Waals surface area contributed by atoms with Crippen LogP contribution >= 0.6 is 0 Å². The van der Waals surface area contributed by atoms with Crippen molar-refractivity contribution in [2.45, 2.75) is 38.5 Å². The summed E-state index contributed by atoms with van der Waals surface area (Å²) in [6.45, 7) is 1.92. The molecule has 0 aromatic carbocycles. The molecule has 0 radical (unpaired) electrons. The van der Waals surface area contributed by atoms with Gasteiger partial charge in [0.15, 0.2) is 0 Å². The largest absolute Gasteiger partial charge is 0.399 e. The van der Waals surface area contributed by atoms with E-state index in [4.69, 9.17) is 5.73 Å². The third-order valence-corrected chi connectivity index (χ3v) is 4.06. The molecule has 0 spiro atoms. The first kappa shape index (κ1) is 16.4. The van der Waals surface area contributed by atoms with Crippen LogP contribution < -0.4 is 16.4 Å². The molecule has 0 amide bonds. The summed E-state index contributed by atoms with van der Waals surface area (Å²) in [4.78, 5) is 10.2. The Bertz CT molecular complexity index is 489. The summed E-state index contributed by atoms with van der Waals surface area (Å²) in [5.41, 5.74) is 9.21. The number of nitrogens with two attached hydrogens (primary N) is 1. The molecule has 0 bridgehead atoms. The molecule has 0 aromatic rings. The summed E-state index contributed by atoms with van der Waals surface area (Å²) in [5.74, 6) is 0.537. The first-order valence-corrected chi connectivity index (χ1v) is 8.23. The maximum Gasteiger partial charge on any atom is 0.119 e. The van der Waals surface area contributed by atoms with Gasteiger partial charge in [-0.05, 0) is 56.3 Å². The number of nitrogens with one attached hydrogen (secondary N) is 2. The van der Waals surface area contributed by atoms with Crippen LogP contribution in [-0.2, 0) is 4.79 Å². The third-order valence-electron chi connectivity index (χ3n) is 4.06. The molecule has 0 saturated heterocycles. The predicted molar refractivity (Wildman–Crippen MR) is 90.8 cm³/mol. The van der Waals surface area contributed by atoms with Crippen molar-refractivity contribution in [3.8, 4) is 0 Å². The number of hydrogen-bond donors (Lipinski definition) is 3. The minimum Gasteiger partial charge on any atom is -0.399 e. The van der Waals surface area contributed by atoms with Crippen LogP contribution in [0.15, 0.2) is 47.5 Å². The maximum atomic E-state index is 10.2. The van der Waals surface area contributed by atoms with E-state index in [0.717, 1.165) is 57.2 Å². The molecule has 2 rings (SSSR count). The van der Waals surface area contributed by atoms with Gasteiger partial charge in [0.2, 0.25) is 0 Å². The summed E-state index contributed by atoms with van der Waals surface area (Å²) in [6, 6.07) is 0. The van der Waals surface area contributed by atoms with Crippen molar-refractivity contribution in [2.75, 3.05) is 13.1 Å². The zero-order chi connectivity index (χ0) is 15.6. The quantitative estimate of drug-likeness (QED) is 0.452. The van der Waals surface area contributed by atoms with Gasteiger partial charge in [0.25, 0.3) is 0 Å². The molecule has 4 nitrogen and oxygen atoms in total. The minimum absolute atomic E-state index is 0.537. The zero-order valence-electron chi connectivity index (χ0n) is 13.2. The molecule has 2 aliphatic rings. The van der Waals surface area contributed by atoms with Gasteiger partial charge in [-0.3, -0.25) is 0 Å². The number of aldehydes is 1. The van der Waals surface area contributed by atoms with E-state index >= 15 is 0 Å². The van der Waals surface area contributed by atoms with Crippen LogP contribution in [0.2, 0.25) is 0 Å². The number of hydrogen-bond acceptors (Lipinski definition) is 4. The Morgan fingerprint density at radius 2 is 1.95 bits per heavy atom. The average Bonchev–Trinajstić information content (AvgIpc) is 2.55. The molecule has 0 aliphatic heterocycles. The van der Waals surface area contributed by atoms with E-state index in [-0.39, 0.29) is 0 Å². The highest BCUT2D eigenvalue weighted by atomic mass is 16.1. The number of carbonyl (C=O) groups is 1. The van der Waals surface area contributed by atoms with E-state index in [1.807, 2.05) is 6.08 Å². The molecule has 4 heteroatoms. The molecule has 1 unspecified atom stereocenters. The lowest BCUT2D eigenvalue weighted by atomic mass is 9.99. The number of allylic oxidation sites excluding steroid dienone is 6. The van der Waals surface area contributed by atoms with Crippen LogP contribution in [0.3, 0.4) is 0 Å². The number of unbranched alkanes of at least 4 members (excludes halogenated alkanes) is 2. The predicted octanol–water partition coefficient (Wildman–Crippen LogP) is 2.52. The second-order valence-corrected chi connectivity index (χ2v) is 5.91. The SMILES string of the molecule is NC1=CCC(CNC2=CC=C(NCCCCC=O)CC2)C=C1. The second-order valence-electron chi connectivity index (χ2n) is 5.91. The Morgan fingerprint density at radius 1 is 1.18 bits per heavy atom. The molecule has 2 aliphatic carbocycles. The highest BCUT2D eigenvalue weighted by molar-refractivity contribution is 5.48. The van der Waals surface area contributed by atoms with Crippen molar-refractivity contribution in [2.24, 2.45) is 11.7 Å². The van der Waals surface area contributed by atoms with Crippen LogP contribution in [0.1, 0.15) is 38.5 Å². The average molecular weight is 301 g/mol. The topological polar surface area (TPSA) is 67.2 Å². The summed E-state index contributed by atoms with van der Waals surface area (Å²) < 4.78 is 0. The van der Waals surface area contributed by atoms with Crippen LogP contribution in [-0.4, -0.2) is 19.4 Å². The van der Waals surface area contributed by atoms with Crippen LogP contribution in [0.4, 0.5) is 0 Å². The molecule has 0 heterocycles. The van der Waals surface area contributed by atoms with Crippen molar-refractivity contribution in [1.82, 2.24) is 10.6 Å². The normalized spacial score (nSPS) is 20.7. The standard InChI is InChI=1S/C18H27N3O/c19-16-6-4-15(5-7-16)14-21-18-10-8-17(9-11-18)20-12-2-1-3-13-22/h4,6-8,10,13,15,20-21H,1-3,5,9,11-12,14,19H2. The Morgan fingerprint density at radius 3 is 2.59 bits per heavy atom. The summed E-state index contributed by atoms with van der Waals surface area (Å²) in [7, 11) is 0. The number of rotatable bonds is 9. The first-order valence-electron chi connectivity index (χ1n) is 8.23. The summed E-state index contributed by atoms with van der Waals surface area (Å²) in [5, 5.41) is 6.99. The molecular formula is C18H27N3O. The fraction of sp³-hybridized carbons (Fsp3) is 0.500. The van der Waals surface area contributed by atoms with E-state index in [0.29, 0.717) is 12.3 Å². The van der Waals surface area contributed by atoms with E-state index in [1.54, 1.807) is 0 Å². The smallest absolute Gasteiger partial charge is 0.119 e. The van der Waals surface area contributed by atoms with Gasteiger partial charge >= 0.3 is 0 Å². The monoisotopic (exact) mass is 301 g/mol. The van der Waals surface area contributed by atoms with Crippen LogP contribution in [0.5, 0.6) is 0 Å². The highest BCUT2D eigenvalue weighted by Gasteiger charge is 2.10. The van der Waals surface area contributed by atoms with E-state index in [2.05, 4.69) is 34.9 Å². The van der Waals surface area contributed by atoms with Gasteiger partial charge in [-0.25, -0.2) is 0 Å². The molecule has 1 atom stereocenters. The Balaban J connectivity index is 1.65. The zero-order valence-corrected chi connectivity index (χ0v) is 13.2. The van der Waals surface area contributed by atoms with Crippen LogP contribution in [0.25, 0.3) is 0 Å². The summed E-state index contributed by atoms with van der Waals surface area (Å²) >= 11 is 0. The van der Waals surface area contributed by atoms with E-state index < -0.39 is 0 Å². The molecule has 0 fully saturated rings. The molecule has 0 saturated carbocycles. The van der Waals surface area contributed by atoms with Crippen molar-refractivity contribution >= 4 is 6.29 Å². The Labute approximate surface area is 133 Å². The molecule has 0 aromatic heterocycles. The minimum atomic E-state index is 0.537. The van der Waals surface area contributed by atoms with Gasteiger partial charge in [-0.2, -0.15) is 0 Å². The second kappa shape index (κ2) is 9.13. The van der Waals surface area contributed by atoms with Crippen molar-refractivity contribution in [3.05, 3.63) is 47.5 Å². The molecule has 4 N–H and O–H groups in total. The fourth-order valence-electron chi connectivity index (χ4n) is 2.63. The molecule has 120 valence electrons. The van der Waals surface area contributed by atoms with Crippen molar-refractivity contribution in [1.29, 1.82) is 0 Å². The Kier molecular flexibility index (Phi) is 6.81. The summed E-state index contributed by atoms with van der Waals surface area (Å²) in [6.07, 6.45) is 17.4. The van der Waals surface area contributed by atoms with Gasteiger partial charge in [-0.1, -0.05) is 12.2 Å². The Hall–Kier alpha value is -1.97. The van der Waals surface area contributed by atoms with Gasteiger partial charge in [0.05, 0.1) is 0 Å². The van der Waals surface area contributed by atoms with Crippen molar-refractivity contribution < 1.29 is 4.79 Å². The molecule has 22 heavy (non-hydrogen) atoms. The van der Waals surface area contributed by atoms with Gasteiger partial charge in [-0.15, -0.1) is 0 Å². The number of carbonyl (C=O) groups excluding carboxylic acids is 1. The lowest BCUT2D eigenvalue weighted by molar-refractivity contribution is -0.107. The van der Waals surface area contributed by atoms with E-state index in [9.17, 15) is 4.79 Å². The van der Waals surface area contributed by atoms with Gasteiger partial charge < -0.3 is 21.2 Å². The fourth-order valence-corrected chi connectivity index (χ4v) is 2.63. The van der Waals surface area contributed by atoms with Crippen LogP contribution in [0, 0.1) is 5.92 Å². The van der Waals surface area contributed by atoms with Gasteiger partial charge in [0.1, 0.15) is 6.29 Å². The lowest BCUT2D eigenvalue weighted by Crippen LogP contribution is -2.24. The highest BCUT2D eigenvalue weighted by Crippen LogP contribution is 2.17.